The molecule has 0 saturated heterocycles. The number of ether oxygens (including phenoxy) is 1. The van der Waals surface area contributed by atoms with Crippen LogP contribution in [0, 0.1) is 28.6 Å². The second kappa shape index (κ2) is 5.52. The third kappa shape index (κ3) is 2.29. The van der Waals surface area contributed by atoms with Crippen LogP contribution in [0.3, 0.4) is 0 Å². The van der Waals surface area contributed by atoms with Crippen LogP contribution in [-0.2, 0) is 19.1 Å². The van der Waals surface area contributed by atoms with Gasteiger partial charge in [0, 0.05) is 6.92 Å². The smallest absolute Gasteiger partial charge is 0.307 e. The highest BCUT2D eigenvalue weighted by Crippen LogP contribution is 2.65. The van der Waals surface area contributed by atoms with Crippen molar-refractivity contribution in [2.24, 2.45) is 28.6 Å². The minimum Gasteiger partial charge on any atom is -0.431 e. The van der Waals surface area contributed by atoms with Crippen LogP contribution in [-0.4, -0.2) is 17.5 Å². The van der Waals surface area contributed by atoms with Gasteiger partial charge in [0.25, 0.3) is 0 Å². The highest BCUT2D eigenvalue weighted by molar-refractivity contribution is 6.41. The second-order valence-electron chi connectivity index (χ2n) is 9.13. The lowest BCUT2D eigenvalue weighted by Gasteiger charge is -2.56. The van der Waals surface area contributed by atoms with Gasteiger partial charge in [-0.2, -0.15) is 0 Å². The molecule has 0 spiro atoms. The molecule has 0 amide bonds. The number of allylic oxidation sites excluding steroid dienone is 2. The van der Waals surface area contributed by atoms with E-state index in [0.29, 0.717) is 23.0 Å². The molecule has 4 aliphatic rings. The lowest BCUT2D eigenvalue weighted by atomic mass is 9.47. The first-order valence-corrected chi connectivity index (χ1v) is 9.76. The SMILES string of the molecule is CC(=O)OC1=C2CC[C@H]3[C@@H]4CCC[C@@]4(C)CC[C@@H]3[C@@]2(C)C(=O)C(=O)C1. The Kier molecular flexibility index (Phi) is 3.75. The molecule has 0 bridgehead atoms. The molecular formula is C21H28O4. The van der Waals surface area contributed by atoms with Crippen molar-refractivity contribution in [2.45, 2.75) is 72.1 Å². The fourth-order valence-electron chi connectivity index (χ4n) is 6.82. The molecule has 0 aromatic rings. The first-order chi connectivity index (χ1) is 11.8. The van der Waals surface area contributed by atoms with E-state index in [1.165, 1.54) is 26.2 Å². The Hall–Kier alpha value is -1.45. The summed E-state index contributed by atoms with van der Waals surface area (Å²) >= 11 is 0. The number of ketones is 2. The van der Waals surface area contributed by atoms with Gasteiger partial charge < -0.3 is 4.74 Å². The third-order valence-corrected chi connectivity index (χ3v) is 7.96. The first-order valence-electron chi connectivity index (χ1n) is 9.76. The van der Waals surface area contributed by atoms with E-state index in [1.807, 2.05) is 6.92 Å². The molecule has 3 saturated carbocycles. The molecule has 0 radical (unpaired) electrons. The highest BCUT2D eigenvalue weighted by atomic mass is 16.5. The summed E-state index contributed by atoms with van der Waals surface area (Å²) in [7, 11) is 0. The number of carbonyl (C=O) groups excluding carboxylic acids is 3. The molecule has 0 aromatic carbocycles. The molecule has 4 aliphatic carbocycles. The van der Waals surface area contributed by atoms with Gasteiger partial charge in [-0.15, -0.1) is 0 Å². The molecule has 4 rings (SSSR count). The number of esters is 1. The molecule has 0 heterocycles. The minimum atomic E-state index is -0.757. The molecule has 4 nitrogen and oxygen atoms in total. The van der Waals surface area contributed by atoms with Crippen molar-refractivity contribution in [1.29, 1.82) is 0 Å². The highest BCUT2D eigenvalue weighted by Gasteiger charge is 2.61. The topological polar surface area (TPSA) is 60.4 Å². The molecular weight excluding hydrogens is 316 g/mol. The van der Waals surface area contributed by atoms with E-state index in [1.54, 1.807) is 0 Å². The van der Waals surface area contributed by atoms with Crippen molar-refractivity contribution >= 4 is 17.5 Å². The van der Waals surface area contributed by atoms with Crippen LogP contribution in [0.2, 0.25) is 0 Å². The zero-order valence-corrected chi connectivity index (χ0v) is 15.5. The van der Waals surface area contributed by atoms with Crippen LogP contribution in [0.1, 0.15) is 72.1 Å². The lowest BCUT2D eigenvalue weighted by molar-refractivity contribution is -0.150. The van der Waals surface area contributed by atoms with Crippen LogP contribution >= 0.6 is 0 Å². The monoisotopic (exact) mass is 344 g/mol. The van der Waals surface area contributed by atoms with Gasteiger partial charge in [0.15, 0.2) is 0 Å². The van der Waals surface area contributed by atoms with Gasteiger partial charge in [-0.3, -0.25) is 14.4 Å². The molecule has 136 valence electrons. The standard InChI is InChI=1S/C21H28O4/c1-12(22)25-18-11-17(23)19(24)21(3)15-8-10-20(2)9-4-5-14(20)13(15)6-7-16(18)21/h13-15H,4-11H2,1-3H3/t13-,14-,15-,20-,21+/m0/s1. The fraction of sp³-hybridized carbons (Fsp3) is 0.762. The van der Waals surface area contributed by atoms with Crippen LogP contribution in [0.25, 0.3) is 0 Å². The van der Waals surface area contributed by atoms with E-state index in [9.17, 15) is 14.4 Å². The van der Waals surface area contributed by atoms with Crippen LogP contribution in [0.15, 0.2) is 11.3 Å². The van der Waals surface area contributed by atoms with E-state index >= 15 is 0 Å². The Balaban J connectivity index is 1.78. The van der Waals surface area contributed by atoms with Crippen molar-refractivity contribution in [3.63, 3.8) is 0 Å². The van der Waals surface area contributed by atoms with Crippen molar-refractivity contribution in [3.8, 4) is 0 Å². The van der Waals surface area contributed by atoms with E-state index in [-0.39, 0.29) is 23.9 Å². The predicted octanol–water partition coefficient (Wildman–Crippen LogP) is 3.98. The van der Waals surface area contributed by atoms with Crippen LogP contribution in [0.4, 0.5) is 0 Å². The molecule has 25 heavy (non-hydrogen) atoms. The summed E-state index contributed by atoms with van der Waals surface area (Å²) in [5, 5.41) is 0. The Bertz CT molecular complexity index is 690. The van der Waals surface area contributed by atoms with Crippen molar-refractivity contribution < 1.29 is 19.1 Å². The van der Waals surface area contributed by atoms with Crippen LogP contribution in [0.5, 0.6) is 0 Å². The zero-order valence-electron chi connectivity index (χ0n) is 15.5. The number of hydrogen-bond acceptors (Lipinski definition) is 4. The Labute approximate surface area is 149 Å². The Morgan fingerprint density at radius 1 is 1.08 bits per heavy atom. The molecule has 5 atom stereocenters. The number of Topliss-reactive ketones (excluding diaryl/α,β-unsaturated/α-hetero) is 2. The van der Waals surface area contributed by atoms with Crippen molar-refractivity contribution in [2.75, 3.05) is 0 Å². The lowest BCUT2D eigenvalue weighted by Crippen LogP contribution is -2.55. The van der Waals surface area contributed by atoms with Crippen molar-refractivity contribution in [3.05, 3.63) is 11.3 Å². The van der Waals surface area contributed by atoms with E-state index in [0.717, 1.165) is 31.3 Å². The summed E-state index contributed by atoms with van der Waals surface area (Å²) in [4.78, 5) is 37.0. The van der Waals surface area contributed by atoms with Gasteiger partial charge in [-0.05, 0) is 74.2 Å². The molecule has 0 N–H and O–H groups in total. The summed E-state index contributed by atoms with van der Waals surface area (Å²) in [6.07, 6.45) is 7.79. The predicted molar refractivity (Wildman–Crippen MR) is 92.4 cm³/mol. The number of fused-ring (bicyclic) bond motifs is 5. The van der Waals surface area contributed by atoms with Gasteiger partial charge in [0.05, 0.1) is 11.8 Å². The molecule has 3 fully saturated rings. The maximum Gasteiger partial charge on any atom is 0.307 e. The number of carbonyl (C=O) groups is 3. The molecule has 0 unspecified atom stereocenters. The zero-order chi connectivity index (χ0) is 18.0. The Morgan fingerprint density at radius 2 is 1.84 bits per heavy atom. The largest absolute Gasteiger partial charge is 0.431 e. The van der Waals surface area contributed by atoms with Gasteiger partial charge in [0.2, 0.25) is 11.6 Å². The molecule has 0 aromatic heterocycles. The summed E-state index contributed by atoms with van der Waals surface area (Å²) < 4.78 is 5.40. The van der Waals surface area contributed by atoms with E-state index < -0.39 is 11.4 Å². The summed E-state index contributed by atoms with van der Waals surface area (Å²) in [5.41, 5.74) is 0.599. The second-order valence-corrected chi connectivity index (χ2v) is 9.13. The average molecular weight is 344 g/mol. The Morgan fingerprint density at radius 3 is 2.56 bits per heavy atom. The van der Waals surface area contributed by atoms with Crippen LogP contribution < -0.4 is 0 Å². The number of rotatable bonds is 1. The maximum absolute atomic E-state index is 13.0. The van der Waals surface area contributed by atoms with Crippen molar-refractivity contribution in [1.82, 2.24) is 0 Å². The van der Waals surface area contributed by atoms with E-state index in [2.05, 4.69) is 6.92 Å². The summed E-state index contributed by atoms with van der Waals surface area (Å²) in [5.74, 6) is 0.848. The normalized spacial score (nSPS) is 43.4. The summed E-state index contributed by atoms with van der Waals surface area (Å²) in [6.45, 7) is 5.74. The maximum atomic E-state index is 13.0. The van der Waals surface area contributed by atoms with Gasteiger partial charge in [-0.1, -0.05) is 13.3 Å². The number of hydrogen-bond donors (Lipinski definition) is 0. The van der Waals surface area contributed by atoms with E-state index in [4.69, 9.17) is 4.74 Å². The molecule has 0 aliphatic heterocycles. The molecule has 4 heteroatoms. The first kappa shape index (κ1) is 17.0. The van der Waals surface area contributed by atoms with Gasteiger partial charge in [-0.25, -0.2) is 0 Å². The third-order valence-electron chi connectivity index (χ3n) is 7.96. The average Bonchev–Trinajstić information content (AvgIpc) is 2.94. The fourth-order valence-corrected chi connectivity index (χ4v) is 6.82. The summed E-state index contributed by atoms with van der Waals surface area (Å²) in [6, 6.07) is 0. The quantitative estimate of drug-likeness (QED) is 0.533. The van der Waals surface area contributed by atoms with Gasteiger partial charge in [0.1, 0.15) is 5.76 Å². The minimum absolute atomic E-state index is 0.0398. The van der Waals surface area contributed by atoms with Gasteiger partial charge >= 0.3 is 5.97 Å².